The van der Waals surface area contributed by atoms with Crippen molar-refractivity contribution in [3.05, 3.63) is 0 Å². The summed E-state index contributed by atoms with van der Waals surface area (Å²) >= 11 is 0.0717. The van der Waals surface area contributed by atoms with Gasteiger partial charge in [-0.1, -0.05) is 0 Å². The van der Waals surface area contributed by atoms with E-state index in [4.69, 9.17) is 0 Å². The van der Waals surface area contributed by atoms with Gasteiger partial charge in [0.1, 0.15) is 0 Å². The number of hydrogen-bond acceptors (Lipinski definition) is 0. The van der Waals surface area contributed by atoms with Gasteiger partial charge in [0, 0.05) is 0 Å². The van der Waals surface area contributed by atoms with Gasteiger partial charge in [0.2, 0.25) is 0 Å². The number of rotatable bonds is 8. The maximum absolute atomic E-state index is 2.34. The van der Waals surface area contributed by atoms with Crippen molar-refractivity contribution >= 4 is 21.1 Å². The molecule has 0 saturated carbocycles. The topological polar surface area (TPSA) is 0 Å². The molecule has 0 nitrogen and oxygen atoms in total. The van der Waals surface area contributed by atoms with Crippen LogP contribution in [0.15, 0.2) is 0 Å². The molecule has 0 aromatic rings. The standard InChI is InChI=1S/2C6H13.Sn/c2*1-4-5-6(2)3;/h2*6H,1,4-5H2,2-3H3;/q;;+2. The van der Waals surface area contributed by atoms with Gasteiger partial charge in [-0.3, -0.25) is 0 Å². The zero-order chi connectivity index (χ0) is 10.1. The Morgan fingerprint density at radius 3 is 1.46 bits per heavy atom. The summed E-state index contributed by atoms with van der Waals surface area (Å²) < 4.78 is 3.25. The van der Waals surface area contributed by atoms with Crippen LogP contribution in [-0.2, 0) is 0 Å². The SMILES string of the molecule is CC(C)CC[CH2][Sn+2][CH2]CCC(C)C. The summed E-state index contributed by atoms with van der Waals surface area (Å²) in [6.07, 6.45) is 5.97. The Morgan fingerprint density at radius 2 is 1.15 bits per heavy atom. The molecule has 0 aromatic carbocycles. The predicted molar refractivity (Wildman–Crippen MR) is 63.5 cm³/mol. The first-order chi connectivity index (χ1) is 6.13. The number of hydrogen-bond donors (Lipinski definition) is 0. The van der Waals surface area contributed by atoms with Crippen LogP contribution >= 0.6 is 0 Å². The molecule has 0 aromatic heterocycles. The zero-order valence-corrected chi connectivity index (χ0v) is 12.8. The van der Waals surface area contributed by atoms with Gasteiger partial charge >= 0.3 is 95.2 Å². The fraction of sp³-hybridized carbons (Fsp3) is 1.00. The molecule has 0 aliphatic carbocycles. The second-order valence-corrected chi connectivity index (χ2v) is 9.10. The molecule has 0 spiro atoms. The summed E-state index contributed by atoms with van der Waals surface area (Å²) in [5.41, 5.74) is 0. The van der Waals surface area contributed by atoms with E-state index in [0.717, 1.165) is 11.8 Å². The third kappa shape index (κ3) is 12.8. The van der Waals surface area contributed by atoms with Crippen molar-refractivity contribution in [2.24, 2.45) is 11.8 Å². The summed E-state index contributed by atoms with van der Waals surface area (Å²) in [4.78, 5) is 0. The summed E-state index contributed by atoms with van der Waals surface area (Å²) in [6, 6.07) is 0. The van der Waals surface area contributed by atoms with Gasteiger partial charge < -0.3 is 0 Å². The Balaban J connectivity index is 2.92. The zero-order valence-electron chi connectivity index (χ0n) is 9.90. The molecule has 13 heavy (non-hydrogen) atoms. The van der Waals surface area contributed by atoms with Gasteiger partial charge in [-0.2, -0.15) is 0 Å². The van der Waals surface area contributed by atoms with E-state index in [1.54, 1.807) is 8.87 Å². The molecule has 0 unspecified atom stereocenters. The third-order valence-electron chi connectivity index (χ3n) is 2.27. The molecule has 0 heterocycles. The second kappa shape index (κ2) is 9.36. The summed E-state index contributed by atoms with van der Waals surface area (Å²) in [5, 5.41) is 0. The van der Waals surface area contributed by atoms with Crippen LogP contribution in [0, 0.1) is 11.8 Å². The van der Waals surface area contributed by atoms with Gasteiger partial charge in [0.15, 0.2) is 0 Å². The van der Waals surface area contributed by atoms with Gasteiger partial charge in [-0.25, -0.2) is 0 Å². The predicted octanol–water partition coefficient (Wildman–Crippen LogP) is 4.40. The van der Waals surface area contributed by atoms with Crippen LogP contribution < -0.4 is 0 Å². The first-order valence-electron chi connectivity index (χ1n) is 5.83. The van der Waals surface area contributed by atoms with E-state index < -0.39 is 0 Å². The summed E-state index contributed by atoms with van der Waals surface area (Å²) in [7, 11) is 0. The van der Waals surface area contributed by atoms with Crippen LogP contribution in [-0.4, -0.2) is 21.1 Å². The van der Waals surface area contributed by atoms with Gasteiger partial charge in [-0.05, 0) is 0 Å². The third-order valence-corrected chi connectivity index (χ3v) is 6.31. The first-order valence-corrected chi connectivity index (χ1v) is 9.87. The van der Waals surface area contributed by atoms with Crippen molar-refractivity contribution in [3.8, 4) is 0 Å². The Bertz CT molecular complexity index is 85.3. The fourth-order valence-corrected chi connectivity index (χ4v) is 4.70. The monoisotopic (exact) mass is 290 g/mol. The van der Waals surface area contributed by atoms with E-state index in [2.05, 4.69) is 27.7 Å². The summed E-state index contributed by atoms with van der Waals surface area (Å²) in [5.74, 6) is 1.85. The molecule has 0 rings (SSSR count). The van der Waals surface area contributed by atoms with Crippen LogP contribution in [0.3, 0.4) is 0 Å². The molecule has 0 aliphatic heterocycles. The van der Waals surface area contributed by atoms with E-state index in [0.29, 0.717) is 0 Å². The maximum atomic E-state index is 2.34. The van der Waals surface area contributed by atoms with E-state index in [9.17, 15) is 0 Å². The normalized spacial score (nSPS) is 10.9. The average Bonchev–Trinajstić information content (AvgIpc) is 2.01. The van der Waals surface area contributed by atoms with Crippen molar-refractivity contribution in [2.75, 3.05) is 0 Å². The van der Waals surface area contributed by atoms with Gasteiger partial charge in [-0.15, -0.1) is 0 Å². The van der Waals surface area contributed by atoms with Crippen LogP contribution in [0.5, 0.6) is 0 Å². The molecule has 76 valence electrons. The molecular formula is C12H26Sn+2. The molecule has 1 heteroatoms. The Morgan fingerprint density at radius 1 is 0.769 bits per heavy atom. The molecule has 0 bridgehead atoms. The molecular weight excluding hydrogens is 263 g/mol. The van der Waals surface area contributed by atoms with Crippen molar-refractivity contribution < 1.29 is 0 Å². The van der Waals surface area contributed by atoms with E-state index in [1.807, 2.05) is 0 Å². The molecule has 0 fully saturated rings. The molecule has 0 atom stereocenters. The Kier molecular flexibility index (Phi) is 9.93. The van der Waals surface area contributed by atoms with E-state index in [-0.39, 0.29) is 21.1 Å². The quantitative estimate of drug-likeness (QED) is 0.459. The van der Waals surface area contributed by atoms with Crippen LogP contribution in [0.2, 0.25) is 8.87 Å². The van der Waals surface area contributed by atoms with Crippen molar-refractivity contribution in [3.63, 3.8) is 0 Å². The minimum atomic E-state index is 0.0717. The molecule has 0 aliphatic rings. The van der Waals surface area contributed by atoms with Crippen LogP contribution in [0.4, 0.5) is 0 Å². The second-order valence-electron chi connectivity index (χ2n) is 4.82. The van der Waals surface area contributed by atoms with Gasteiger partial charge in [0.05, 0.1) is 0 Å². The van der Waals surface area contributed by atoms with Crippen molar-refractivity contribution in [1.29, 1.82) is 0 Å². The van der Waals surface area contributed by atoms with Gasteiger partial charge in [0.25, 0.3) is 0 Å². The Hall–Kier alpha value is 0.799. The summed E-state index contributed by atoms with van der Waals surface area (Å²) in [6.45, 7) is 9.35. The molecule has 0 amide bonds. The first kappa shape index (κ1) is 13.8. The van der Waals surface area contributed by atoms with E-state index in [1.165, 1.54) is 25.7 Å². The van der Waals surface area contributed by atoms with Crippen molar-refractivity contribution in [2.45, 2.75) is 62.3 Å². The van der Waals surface area contributed by atoms with Crippen LogP contribution in [0.1, 0.15) is 53.4 Å². The average molecular weight is 289 g/mol. The molecule has 0 N–H and O–H groups in total. The Labute approximate surface area is 95.1 Å². The minimum absolute atomic E-state index is 0.0717. The van der Waals surface area contributed by atoms with Crippen molar-refractivity contribution in [1.82, 2.24) is 0 Å². The van der Waals surface area contributed by atoms with Crippen LogP contribution in [0.25, 0.3) is 0 Å². The van der Waals surface area contributed by atoms with E-state index >= 15 is 0 Å². The molecule has 0 radical (unpaired) electrons. The fourth-order valence-electron chi connectivity index (χ4n) is 1.40. The molecule has 0 saturated heterocycles.